The van der Waals surface area contributed by atoms with Crippen LogP contribution in [-0.4, -0.2) is 11.0 Å². The van der Waals surface area contributed by atoms with Crippen LogP contribution in [0.5, 0.6) is 0 Å². The fourth-order valence-corrected chi connectivity index (χ4v) is 4.65. The van der Waals surface area contributed by atoms with Crippen molar-refractivity contribution in [2.75, 3.05) is 5.75 Å². The summed E-state index contributed by atoms with van der Waals surface area (Å²) in [4.78, 5) is 0. The van der Waals surface area contributed by atoms with Crippen LogP contribution in [0, 0.1) is 0 Å². The number of hydrogen-bond donors (Lipinski definition) is 0. The Morgan fingerprint density at radius 1 is 1.00 bits per heavy atom. The summed E-state index contributed by atoms with van der Waals surface area (Å²) in [6, 6.07) is 0. The largest absolute Gasteiger partial charge is 0.0939 e. The van der Waals surface area contributed by atoms with Crippen molar-refractivity contribution in [3.8, 4) is 0 Å². The van der Waals surface area contributed by atoms with Gasteiger partial charge in [-0.2, -0.15) is 0 Å². The van der Waals surface area contributed by atoms with Crippen molar-refractivity contribution in [2.24, 2.45) is 0 Å². The van der Waals surface area contributed by atoms with Gasteiger partial charge in [-0.1, -0.05) is 74.5 Å². The first-order chi connectivity index (χ1) is 7.43. The Labute approximate surface area is 105 Å². The quantitative estimate of drug-likeness (QED) is 0.423. The van der Waals surface area contributed by atoms with E-state index in [2.05, 4.69) is 28.5 Å². The van der Waals surface area contributed by atoms with Crippen LogP contribution in [-0.2, 0) is 0 Å². The van der Waals surface area contributed by atoms with Gasteiger partial charge in [0.1, 0.15) is 0 Å². The standard InChI is InChI=1S/C11H22S2.C2H6/c1-2-3-7-10-12-13-11-8-5-4-6-9-11;1-2/h11H,2-10H2,1H3;1-2H3. The predicted octanol–water partition coefficient (Wildman–Crippen LogP) is 5.92. The zero-order chi connectivity index (χ0) is 11.4. The molecule has 0 spiro atoms. The number of hydrogen-bond acceptors (Lipinski definition) is 2. The minimum atomic E-state index is 0.986. The van der Waals surface area contributed by atoms with Gasteiger partial charge in [-0.15, -0.1) is 0 Å². The maximum atomic E-state index is 2.28. The summed E-state index contributed by atoms with van der Waals surface area (Å²) >= 11 is 0. The van der Waals surface area contributed by atoms with Crippen LogP contribution >= 0.6 is 21.6 Å². The number of unbranched alkanes of at least 4 members (excludes halogenated alkanes) is 2. The molecule has 0 heterocycles. The van der Waals surface area contributed by atoms with Crippen LogP contribution < -0.4 is 0 Å². The third-order valence-electron chi connectivity index (χ3n) is 2.59. The van der Waals surface area contributed by atoms with Crippen LogP contribution in [0.25, 0.3) is 0 Å². The van der Waals surface area contributed by atoms with Crippen molar-refractivity contribution in [1.82, 2.24) is 0 Å². The summed E-state index contributed by atoms with van der Waals surface area (Å²) in [5.74, 6) is 1.37. The summed E-state index contributed by atoms with van der Waals surface area (Å²) in [5.41, 5.74) is 0. The molecule has 2 heteroatoms. The van der Waals surface area contributed by atoms with Gasteiger partial charge in [-0.3, -0.25) is 0 Å². The molecule has 1 fully saturated rings. The highest BCUT2D eigenvalue weighted by molar-refractivity contribution is 8.76. The topological polar surface area (TPSA) is 0 Å². The van der Waals surface area contributed by atoms with Crippen molar-refractivity contribution < 1.29 is 0 Å². The van der Waals surface area contributed by atoms with Gasteiger partial charge in [0.15, 0.2) is 0 Å². The molecule has 0 radical (unpaired) electrons. The maximum Gasteiger partial charge on any atom is 0.0151 e. The molecule has 0 aromatic heterocycles. The van der Waals surface area contributed by atoms with Gasteiger partial charge in [-0.25, -0.2) is 0 Å². The Bertz CT molecular complexity index is 109. The van der Waals surface area contributed by atoms with E-state index in [1.165, 1.54) is 57.1 Å². The average molecular weight is 249 g/mol. The first-order valence-corrected chi connectivity index (χ1v) is 9.10. The van der Waals surface area contributed by atoms with Gasteiger partial charge < -0.3 is 0 Å². The SMILES string of the molecule is CC.CCCCCSSC1CCCCC1. The summed E-state index contributed by atoms with van der Waals surface area (Å²) in [5, 5.41) is 0.986. The Kier molecular flexibility index (Phi) is 13.4. The van der Waals surface area contributed by atoms with E-state index < -0.39 is 0 Å². The molecular weight excluding hydrogens is 220 g/mol. The smallest absolute Gasteiger partial charge is 0.0151 e. The van der Waals surface area contributed by atoms with Gasteiger partial charge in [0.2, 0.25) is 0 Å². The fraction of sp³-hybridized carbons (Fsp3) is 1.00. The fourth-order valence-electron chi connectivity index (χ4n) is 1.72. The van der Waals surface area contributed by atoms with E-state index in [0.29, 0.717) is 0 Å². The Morgan fingerprint density at radius 3 is 2.27 bits per heavy atom. The van der Waals surface area contributed by atoms with E-state index >= 15 is 0 Å². The van der Waals surface area contributed by atoms with Crippen LogP contribution in [0.4, 0.5) is 0 Å². The van der Waals surface area contributed by atoms with Crippen LogP contribution in [0.15, 0.2) is 0 Å². The van der Waals surface area contributed by atoms with Crippen molar-refractivity contribution in [3.63, 3.8) is 0 Å². The summed E-state index contributed by atoms with van der Waals surface area (Å²) in [6.07, 6.45) is 11.6. The second-order valence-corrected chi connectivity index (χ2v) is 6.67. The van der Waals surface area contributed by atoms with Crippen molar-refractivity contribution >= 4 is 21.6 Å². The van der Waals surface area contributed by atoms with E-state index in [-0.39, 0.29) is 0 Å². The highest BCUT2D eigenvalue weighted by Crippen LogP contribution is 2.36. The Balaban J connectivity index is 0.000000921. The third-order valence-corrected chi connectivity index (χ3v) is 5.65. The molecule has 15 heavy (non-hydrogen) atoms. The molecule has 0 aliphatic heterocycles. The molecule has 0 atom stereocenters. The van der Waals surface area contributed by atoms with Crippen LogP contribution in [0.3, 0.4) is 0 Å². The molecule has 0 saturated heterocycles. The monoisotopic (exact) mass is 248 g/mol. The van der Waals surface area contributed by atoms with Crippen LogP contribution in [0.1, 0.15) is 72.1 Å². The van der Waals surface area contributed by atoms with E-state index in [4.69, 9.17) is 0 Å². The molecule has 0 aromatic rings. The van der Waals surface area contributed by atoms with Crippen LogP contribution in [0.2, 0.25) is 0 Å². The molecule has 0 aromatic carbocycles. The Hall–Kier alpha value is 0.700. The van der Waals surface area contributed by atoms with Crippen molar-refractivity contribution in [1.29, 1.82) is 0 Å². The molecule has 1 aliphatic carbocycles. The van der Waals surface area contributed by atoms with Gasteiger partial charge in [0.25, 0.3) is 0 Å². The molecule has 92 valence electrons. The first-order valence-electron chi connectivity index (χ1n) is 6.71. The lowest BCUT2D eigenvalue weighted by Gasteiger charge is -2.19. The minimum absolute atomic E-state index is 0.986. The molecule has 0 nitrogen and oxygen atoms in total. The lowest BCUT2D eigenvalue weighted by molar-refractivity contribution is 0.517. The van der Waals surface area contributed by atoms with Gasteiger partial charge in [0.05, 0.1) is 0 Å². The van der Waals surface area contributed by atoms with Crippen molar-refractivity contribution in [2.45, 2.75) is 77.4 Å². The highest BCUT2D eigenvalue weighted by Gasteiger charge is 2.13. The molecule has 1 saturated carbocycles. The summed E-state index contributed by atoms with van der Waals surface area (Å²) < 4.78 is 0. The minimum Gasteiger partial charge on any atom is -0.0939 e. The van der Waals surface area contributed by atoms with Gasteiger partial charge in [-0.05, 0) is 19.3 Å². The Morgan fingerprint density at radius 2 is 1.67 bits per heavy atom. The normalized spacial score (nSPS) is 17.0. The first kappa shape index (κ1) is 15.7. The number of rotatable bonds is 6. The lowest BCUT2D eigenvalue weighted by Crippen LogP contribution is -2.06. The maximum absolute atomic E-state index is 2.28. The zero-order valence-electron chi connectivity index (χ0n) is 10.8. The van der Waals surface area contributed by atoms with Gasteiger partial charge >= 0.3 is 0 Å². The molecule has 0 bridgehead atoms. The van der Waals surface area contributed by atoms with Crippen molar-refractivity contribution in [3.05, 3.63) is 0 Å². The third kappa shape index (κ3) is 9.62. The summed E-state index contributed by atoms with van der Waals surface area (Å²) in [7, 11) is 4.28. The zero-order valence-corrected chi connectivity index (χ0v) is 12.4. The molecule has 1 aliphatic rings. The molecule has 0 unspecified atom stereocenters. The second kappa shape index (κ2) is 12.8. The lowest BCUT2D eigenvalue weighted by atomic mass is 10.0. The van der Waals surface area contributed by atoms with E-state index in [0.717, 1.165) is 5.25 Å². The van der Waals surface area contributed by atoms with E-state index in [9.17, 15) is 0 Å². The average Bonchev–Trinajstić information content (AvgIpc) is 2.33. The predicted molar refractivity (Wildman–Crippen MR) is 77.8 cm³/mol. The highest BCUT2D eigenvalue weighted by atomic mass is 33.1. The van der Waals surface area contributed by atoms with E-state index in [1.54, 1.807) is 0 Å². The molecule has 0 N–H and O–H groups in total. The molecule has 1 rings (SSSR count). The second-order valence-electron chi connectivity index (χ2n) is 3.89. The van der Waals surface area contributed by atoms with Gasteiger partial charge in [0, 0.05) is 11.0 Å². The molecular formula is C13H28S2. The summed E-state index contributed by atoms with van der Waals surface area (Å²) in [6.45, 7) is 6.28. The van der Waals surface area contributed by atoms with E-state index in [1.807, 2.05) is 13.8 Å². The molecule has 0 amide bonds.